The van der Waals surface area contributed by atoms with Crippen molar-refractivity contribution >= 4 is 17.5 Å². The second-order valence-electron chi connectivity index (χ2n) is 5.90. The third-order valence-corrected chi connectivity index (χ3v) is 2.67. The van der Waals surface area contributed by atoms with Gasteiger partial charge in [0.25, 0.3) is 5.91 Å². The molecule has 8 heteroatoms. The van der Waals surface area contributed by atoms with Gasteiger partial charge < -0.3 is 15.7 Å². The quantitative estimate of drug-likeness (QED) is 0.572. The fourth-order valence-corrected chi connectivity index (χ4v) is 1.64. The summed E-state index contributed by atoms with van der Waals surface area (Å²) in [5, 5.41) is 25.3. The maximum atomic E-state index is 12.0. The summed E-state index contributed by atoms with van der Waals surface area (Å²) in [6.45, 7) is 6.96. The summed E-state index contributed by atoms with van der Waals surface area (Å²) >= 11 is 0. The minimum atomic E-state index is -0.788. The summed E-state index contributed by atoms with van der Waals surface area (Å²) in [6, 6.07) is 2.44. The number of nitrogens with one attached hydrogen (secondary N) is 2. The monoisotopic (exact) mass is 309 g/mol. The van der Waals surface area contributed by atoms with Crippen LogP contribution in [0.4, 0.5) is 5.69 Å². The van der Waals surface area contributed by atoms with Gasteiger partial charge >= 0.3 is 5.69 Å². The van der Waals surface area contributed by atoms with Crippen LogP contribution in [-0.4, -0.2) is 33.4 Å². The zero-order valence-corrected chi connectivity index (χ0v) is 12.8. The van der Waals surface area contributed by atoms with Crippen molar-refractivity contribution in [2.45, 2.75) is 39.3 Å². The number of carbonyl (C=O) groups is 2. The van der Waals surface area contributed by atoms with Crippen LogP contribution in [0, 0.1) is 10.1 Å². The van der Waals surface area contributed by atoms with E-state index in [2.05, 4.69) is 10.6 Å². The molecule has 1 rings (SSSR count). The van der Waals surface area contributed by atoms with Crippen molar-refractivity contribution in [2.75, 3.05) is 0 Å². The summed E-state index contributed by atoms with van der Waals surface area (Å²) in [4.78, 5) is 33.7. The highest BCUT2D eigenvalue weighted by Gasteiger charge is 2.22. The van der Waals surface area contributed by atoms with Crippen LogP contribution in [0.2, 0.25) is 0 Å². The van der Waals surface area contributed by atoms with Gasteiger partial charge in [-0.3, -0.25) is 19.7 Å². The van der Waals surface area contributed by atoms with Gasteiger partial charge in [0.2, 0.25) is 5.91 Å². The SMILES string of the molecule is CC(NC(=O)c1ccc([N+](=O)[O-])c(O)c1)C(=O)NC(C)(C)C. The van der Waals surface area contributed by atoms with Gasteiger partial charge in [0.1, 0.15) is 6.04 Å². The molecule has 2 amide bonds. The molecular formula is C14H19N3O5. The highest BCUT2D eigenvalue weighted by molar-refractivity contribution is 5.98. The van der Waals surface area contributed by atoms with Gasteiger partial charge in [0.05, 0.1) is 4.92 Å². The molecule has 0 aromatic heterocycles. The summed E-state index contributed by atoms with van der Waals surface area (Å²) in [6.07, 6.45) is 0. The van der Waals surface area contributed by atoms with Gasteiger partial charge in [-0.2, -0.15) is 0 Å². The number of nitro groups is 1. The molecule has 0 aliphatic carbocycles. The van der Waals surface area contributed by atoms with E-state index < -0.39 is 33.8 Å². The summed E-state index contributed by atoms with van der Waals surface area (Å²) in [5.74, 6) is -1.57. The third-order valence-electron chi connectivity index (χ3n) is 2.67. The fraction of sp³-hybridized carbons (Fsp3) is 0.429. The Bertz CT molecular complexity index is 607. The molecule has 1 unspecified atom stereocenters. The van der Waals surface area contributed by atoms with Crippen LogP contribution >= 0.6 is 0 Å². The molecular weight excluding hydrogens is 290 g/mol. The van der Waals surface area contributed by atoms with Crippen molar-refractivity contribution in [1.29, 1.82) is 0 Å². The lowest BCUT2D eigenvalue weighted by atomic mass is 10.1. The predicted molar refractivity (Wildman–Crippen MR) is 79.6 cm³/mol. The fourth-order valence-electron chi connectivity index (χ4n) is 1.64. The maximum absolute atomic E-state index is 12.0. The molecule has 0 bridgehead atoms. The Morgan fingerprint density at radius 2 is 1.91 bits per heavy atom. The van der Waals surface area contributed by atoms with E-state index in [0.29, 0.717) is 0 Å². The molecule has 0 spiro atoms. The van der Waals surface area contributed by atoms with Crippen molar-refractivity contribution in [3.05, 3.63) is 33.9 Å². The molecule has 1 atom stereocenters. The van der Waals surface area contributed by atoms with Crippen molar-refractivity contribution in [2.24, 2.45) is 0 Å². The van der Waals surface area contributed by atoms with Crippen LogP contribution in [0.25, 0.3) is 0 Å². The topological polar surface area (TPSA) is 122 Å². The Hall–Kier alpha value is -2.64. The first-order valence-electron chi connectivity index (χ1n) is 6.61. The molecule has 0 aliphatic heterocycles. The van der Waals surface area contributed by atoms with E-state index in [-0.39, 0.29) is 11.5 Å². The van der Waals surface area contributed by atoms with Crippen molar-refractivity contribution < 1.29 is 19.6 Å². The molecule has 120 valence electrons. The predicted octanol–water partition coefficient (Wildman–Crippen LogP) is 1.33. The molecule has 1 aromatic rings. The molecule has 3 N–H and O–H groups in total. The third kappa shape index (κ3) is 4.72. The van der Waals surface area contributed by atoms with Crippen LogP contribution in [-0.2, 0) is 4.79 Å². The van der Waals surface area contributed by atoms with E-state index in [9.17, 15) is 24.8 Å². The van der Waals surface area contributed by atoms with E-state index in [0.717, 1.165) is 12.1 Å². The Morgan fingerprint density at radius 3 is 2.36 bits per heavy atom. The molecule has 1 aromatic carbocycles. The lowest BCUT2D eigenvalue weighted by Gasteiger charge is -2.23. The standard InChI is InChI=1S/C14H19N3O5/c1-8(12(19)16-14(2,3)4)15-13(20)9-5-6-10(17(21)22)11(18)7-9/h5-8,18H,1-4H3,(H,15,20)(H,16,19). The maximum Gasteiger partial charge on any atom is 0.310 e. The largest absolute Gasteiger partial charge is 0.502 e. The summed E-state index contributed by atoms with van der Waals surface area (Å²) < 4.78 is 0. The average Bonchev–Trinajstić information content (AvgIpc) is 2.35. The number of hydrogen-bond donors (Lipinski definition) is 3. The van der Waals surface area contributed by atoms with Gasteiger partial charge in [-0.1, -0.05) is 0 Å². The first kappa shape index (κ1) is 17.4. The smallest absolute Gasteiger partial charge is 0.310 e. The number of aromatic hydroxyl groups is 1. The molecule has 0 aliphatic rings. The number of rotatable bonds is 4. The van der Waals surface area contributed by atoms with E-state index >= 15 is 0 Å². The summed E-state index contributed by atoms with van der Waals surface area (Å²) in [5.41, 5.74) is -0.893. The van der Waals surface area contributed by atoms with Crippen molar-refractivity contribution in [3.63, 3.8) is 0 Å². The van der Waals surface area contributed by atoms with Crippen molar-refractivity contribution in [1.82, 2.24) is 10.6 Å². The summed E-state index contributed by atoms with van der Waals surface area (Å²) in [7, 11) is 0. The van der Waals surface area contributed by atoms with Crippen LogP contribution < -0.4 is 10.6 Å². The number of phenols is 1. The molecule has 0 radical (unpaired) electrons. The normalized spacial score (nSPS) is 12.4. The van der Waals surface area contributed by atoms with Gasteiger partial charge in [0.15, 0.2) is 5.75 Å². The zero-order chi connectivity index (χ0) is 17.1. The Labute approximate surface area is 127 Å². The number of hydrogen-bond acceptors (Lipinski definition) is 5. The van der Waals surface area contributed by atoms with Gasteiger partial charge in [-0.05, 0) is 39.8 Å². The van der Waals surface area contributed by atoms with E-state index in [1.54, 1.807) is 0 Å². The second-order valence-corrected chi connectivity index (χ2v) is 5.90. The highest BCUT2D eigenvalue weighted by atomic mass is 16.6. The number of carbonyl (C=O) groups excluding carboxylic acids is 2. The molecule has 0 heterocycles. The average molecular weight is 309 g/mol. The Morgan fingerprint density at radius 1 is 1.32 bits per heavy atom. The Balaban J connectivity index is 2.79. The van der Waals surface area contributed by atoms with Crippen LogP contribution in [0.3, 0.4) is 0 Å². The molecule has 22 heavy (non-hydrogen) atoms. The highest BCUT2D eigenvalue weighted by Crippen LogP contribution is 2.26. The minimum absolute atomic E-state index is 0.0264. The van der Waals surface area contributed by atoms with E-state index in [1.165, 1.54) is 13.0 Å². The number of nitrogens with zero attached hydrogens (tertiary/aromatic N) is 1. The second kappa shape index (κ2) is 6.42. The Kier molecular flexibility index (Phi) is 5.08. The van der Waals surface area contributed by atoms with Gasteiger partial charge in [0, 0.05) is 17.2 Å². The van der Waals surface area contributed by atoms with Crippen LogP contribution in [0.15, 0.2) is 18.2 Å². The van der Waals surface area contributed by atoms with E-state index in [4.69, 9.17) is 0 Å². The van der Waals surface area contributed by atoms with Crippen LogP contribution in [0.1, 0.15) is 38.1 Å². The first-order valence-corrected chi connectivity index (χ1v) is 6.61. The van der Waals surface area contributed by atoms with Gasteiger partial charge in [-0.15, -0.1) is 0 Å². The minimum Gasteiger partial charge on any atom is -0.502 e. The molecule has 0 saturated carbocycles. The number of nitro benzene ring substituents is 1. The number of benzene rings is 1. The molecule has 0 fully saturated rings. The number of amides is 2. The number of phenolic OH excluding ortho intramolecular Hbond substituents is 1. The lowest BCUT2D eigenvalue weighted by molar-refractivity contribution is -0.385. The van der Waals surface area contributed by atoms with Gasteiger partial charge in [-0.25, -0.2) is 0 Å². The molecule has 0 saturated heterocycles. The van der Waals surface area contributed by atoms with E-state index in [1.807, 2.05) is 20.8 Å². The first-order chi connectivity index (χ1) is 10.0. The zero-order valence-electron chi connectivity index (χ0n) is 12.8. The molecule has 8 nitrogen and oxygen atoms in total. The lowest BCUT2D eigenvalue weighted by Crippen LogP contribution is -2.50. The van der Waals surface area contributed by atoms with Crippen LogP contribution in [0.5, 0.6) is 5.75 Å². The van der Waals surface area contributed by atoms with Crippen molar-refractivity contribution in [3.8, 4) is 5.75 Å².